The van der Waals surface area contributed by atoms with Crippen molar-refractivity contribution in [3.63, 3.8) is 0 Å². The van der Waals surface area contributed by atoms with Crippen molar-refractivity contribution < 1.29 is 18.3 Å². The molecule has 1 aliphatic carbocycles. The van der Waals surface area contributed by atoms with Crippen molar-refractivity contribution in [3.8, 4) is 5.75 Å². The van der Waals surface area contributed by atoms with E-state index in [0.717, 1.165) is 0 Å². The Bertz CT molecular complexity index is 389. The molecule has 0 heterocycles. The summed E-state index contributed by atoms with van der Waals surface area (Å²) in [5, 5.41) is 9.37. The van der Waals surface area contributed by atoms with Gasteiger partial charge in [-0.05, 0) is 12.8 Å². The Balaban J connectivity index is 2.64. The molecule has 82 valence electrons. The van der Waals surface area contributed by atoms with E-state index in [-0.39, 0.29) is 12.1 Å². The average molecular weight is 217 g/mol. The second-order valence-corrected chi connectivity index (χ2v) is 3.86. The number of phenolic OH excluding ortho intramolecular Hbond substituents is 1. The van der Waals surface area contributed by atoms with E-state index in [0.29, 0.717) is 18.9 Å². The lowest BCUT2D eigenvalue weighted by Gasteiger charge is -2.16. The topological polar surface area (TPSA) is 46.2 Å². The van der Waals surface area contributed by atoms with Gasteiger partial charge in [0.05, 0.1) is 0 Å². The van der Waals surface area contributed by atoms with E-state index in [1.165, 1.54) is 0 Å². The summed E-state index contributed by atoms with van der Waals surface area (Å²) in [6, 6.07) is 0.334. The first-order valence-electron chi connectivity index (χ1n) is 4.59. The summed E-state index contributed by atoms with van der Waals surface area (Å²) in [7, 11) is 0. The van der Waals surface area contributed by atoms with Gasteiger partial charge < -0.3 is 10.8 Å². The molecule has 1 fully saturated rings. The Hall–Kier alpha value is -1.23. The molecule has 0 aromatic heterocycles. The van der Waals surface area contributed by atoms with Gasteiger partial charge in [0.15, 0.2) is 23.2 Å². The van der Waals surface area contributed by atoms with Crippen LogP contribution in [0.25, 0.3) is 0 Å². The van der Waals surface area contributed by atoms with Gasteiger partial charge in [0.25, 0.3) is 0 Å². The normalized spacial score (nSPS) is 17.9. The van der Waals surface area contributed by atoms with Crippen molar-refractivity contribution in [1.82, 2.24) is 0 Å². The predicted molar refractivity (Wildman–Crippen MR) is 47.9 cm³/mol. The van der Waals surface area contributed by atoms with E-state index in [1.807, 2.05) is 0 Å². The van der Waals surface area contributed by atoms with Gasteiger partial charge in [-0.2, -0.15) is 0 Å². The predicted octanol–water partition coefficient (Wildman–Crippen LogP) is 1.80. The molecule has 1 aromatic rings. The fourth-order valence-corrected chi connectivity index (χ4v) is 1.78. The van der Waals surface area contributed by atoms with Crippen molar-refractivity contribution in [3.05, 3.63) is 29.1 Å². The summed E-state index contributed by atoms with van der Waals surface area (Å²) in [5.41, 5.74) is 4.32. The number of hydrogen-bond donors (Lipinski definition) is 2. The molecule has 2 rings (SSSR count). The van der Waals surface area contributed by atoms with Crippen LogP contribution < -0.4 is 5.73 Å². The summed E-state index contributed by atoms with van der Waals surface area (Å²) in [5.74, 6) is -4.46. The largest absolute Gasteiger partial charge is 0.505 e. The summed E-state index contributed by atoms with van der Waals surface area (Å²) >= 11 is 0. The molecule has 0 aliphatic heterocycles. The summed E-state index contributed by atoms with van der Waals surface area (Å²) in [6.45, 7) is 0.0698. The maximum absolute atomic E-state index is 13.4. The van der Waals surface area contributed by atoms with Crippen molar-refractivity contribution >= 4 is 0 Å². The smallest absolute Gasteiger partial charge is 0.168 e. The third-order valence-corrected chi connectivity index (χ3v) is 2.92. The minimum absolute atomic E-state index is 0.0698. The third kappa shape index (κ3) is 1.38. The molecular formula is C10H10F3NO. The maximum atomic E-state index is 13.4. The zero-order valence-electron chi connectivity index (χ0n) is 7.86. The molecule has 0 unspecified atom stereocenters. The Kier molecular flexibility index (Phi) is 2.15. The number of nitrogens with two attached hydrogens (primary N) is 1. The lowest BCUT2D eigenvalue weighted by atomic mass is 9.94. The first-order chi connectivity index (χ1) is 7.02. The summed E-state index contributed by atoms with van der Waals surface area (Å²) in [6.07, 6.45) is 1.08. The number of hydrogen-bond acceptors (Lipinski definition) is 2. The zero-order chi connectivity index (χ0) is 11.2. The standard InChI is InChI=1S/C10H10F3NO/c11-5-3-6(12)9(15)7(8(5)13)10(4-14)1-2-10/h3,15H,1-2,4,14H2. The quantitative estimate of drug-likeness (QED) is 0.742. The highest BCUT2D eigenvalue weighted by Gasteiger charge is 2.48. The number of rotatable bonds is 2. The van der Waals surface area contributed by atoms with Crippen LogP contribution in [0, 0.1) is 17.5 Å². The second kappa shape index (κ2) is 3.13. The number of benzene rings is 1. The van der Waals surface area contributed by atoms with Gasteiger partial charge in [0.1, 0.15) is 0 Å². The van der Waals surface area contributed by atoms with E-state index in [1.54, 1.807) is 0 Å². The Labute approximate surface area is 84.5 Å². The van der Waals surface area contributed by atoms with Crippen molar-refractivity contribution in [2.45, 2.75) is 18.3 Å². The Morgan fingerprint density at radius 3 is 2.33 bits per heavy atom. The van der Waals surface area contributed by atoms with Crippen LogP contribution in [0.2, 0.25) is 0 Å². The van der Waals surface area contributed by atoms with Crippen molar-refractivity contribution in [2.24, 2.45) is 5.73 Å². The minimum Gasteiger partial charge on any atom is -0.505 e. The molecule has 2 nitrogen and oxygen atoms in total. The van der Waals surface area contributed by atoms with Crippen LogP contribution >= 0.6 is 0 Å². The van der Waals surface area contributed by atoms with Crippen LogP contribution in [0.4, 0.5) is 13.2 Å². The van der Waals surface area contributed by atoms with Gasteiger partial charge in [-0.15, -0.1) is 0 Å². The molecule has 0 atom stereocenters. The molecule has 1 aromatic carbocycles. The van der Waals surface area contributed by atoms with E-state index in [9.17, 15) is 18.3 Å². The monoisotopic (exact) mass is 217 g/mol. The van der Waals surface area contributed by atoms with Gasteiger partial charge in [-0.25, -0.2) is 13.2 Å². The summed E-state index contributed by atoms with van der Waals surface area (Å²) < 4.78 is 39.4. The van der Waals surface area contributed by atoms with Gasteiger partial charge >= 0.3 is 0 Å². The highest BCUT2D eigenvalue weighted by atomic mass is 19.2. The van der Waals surface area contributed by atoms with Crippen LogP contribution in [0.1, 0.15) is 18.4 Å². The summed E-state index contributed by atoms with van der Waals surface area (Å²) in [4.78, 5) is 0. The number of halogens is 3. The number of phenols is 1. The van der Waals surface area contributed by atoms with Gasteiger partial charge in [-0.1, -0.05) is 0 Å². The molecule has 0 saturated heterocycles. The maximum Gasteiger partial charge on any atom is 0.168 e. The molecule has 0 amide bonds. The molecule has 1 aliphatic rings. The van der Waals surface area contributed by atoms with E-state index in [2.05, 4.69) is 0 Å². The highest BCUT2D eigenvalue weighted by molar-refractivity contribution is 5.45. The molecule has 15 heavy (non-hydrogen) atoms. The van der Waals surface area contributed by atoms with E-state index >= 15 is 0 Å². The van der Waals surface area contributed by atoms with E-state index in [4.69, 9.17) is 5.73 Å². The third-order valence-electron chi connectivity index (χ3n) is 2.92. The van der Waals surface area contributed by atoms with Gasteiger partial charge in [0.2, 0.25) is 0 Å². The first-order valence-corrected chi connectivity index (χ1v) is 4.59. The lowest BCUT2D eigenvalue weighted by molar-refractivity contribution is 0.391. The fourth-order valence-electron chi connectivity index (χ4n) is 1.78. The molecule has 0 spiro atoms. The SMILES string of the molecule is NCC1(c2c(O)c(F)cc(F)c2F)CC1. The second-order valence-electron chi connectivity index (χ2n) is 3.86. The molecule has 5 heteroatoms. The lowest BCUT2D eigenvalue weighted by Crippen LogP contribution is -2.22. The first kappa shape index (κ1) is 10.3. The van der Waals surface area contributed by atoms with Crippen LogP contribution in [0.3, 0.4) is 0 Å². The fraction of sp³-hybridized carbons (Fsp3) is 0.400. The molecule has 0 bridgehead atoms. The van der Waals surface area contributed by atoms with Gasteiger partial charge in [0, 0.05) is 23.6 Å². The minimum atomic E-state index is -1.29. The van der Waals surface area contributed by atoms with Crippen molar-refractivity contribution in [1.29, 1.82) is 0 Å². The van der Waals surface area contributed by atoms with Gasteiger partial charge in [-0.3, -0.25) is 0 Å². The van der Waals surface area contributed by atoms with E-state index < -0.39 is 28.6 Å². The Morgan fingerprint density at radius 2 is 1.87 bits per heavy atom. The van der Waals surface area contributed by atoms with Crippen LogP contribution in [-0.2, 0) is 5.41 Å². The molecule has 1 saturated carbocycles. The molecular weight excluding hydrogens is 207 g/mol. The van der Waals surface area contributed by atoms with Crippen molar-refractivity contribution in [2.75, 3.05) is 6.54 Å². The average Bonchev–Trinajstić information content (AvgIpc) is 2.96. The molecule has 0 radical (unpaired) electrons. The van der Waals surface area contributed by atoms with Crippen LogP contribution in [0.15, 0.2) is 6.07 Å². The molecule has 3 N–H and O–H groups in total. The van der Waals surface area contributed by atoms with Crippen LogP contribution in [-0.4, -0.2) is 11.7 Å². The highest BCUT2D eigenvalue weighted by Crippen LogP contribution is 2.52. The Morgan fingerprint density at radius 1 is 1.27 bits per heavy atom. The van der Waals surface area contributed by atoms with Crippen LogP contribution in [0.5, 0.6) is 5.75 Å². The zero-order valence-corrected chi connectivity index (χ0v) is 7.86. The number of aromatic hydroxyl groups is 1.